The number of hydrogen-bond donors (Lipinski definition) is 1. The highest BCUT2D eigenvalue weighted by Crippen LogP contribution is 2.23. The molecule has 0 atom stereocenters. The first kappa shape index (κ1) is 13.3. The molecule has 0 bridgehead atoms. The average molecular weight is 268 g/mol. The normalized spacial score (nSPS) is 21.4. The molecule has 1 aliphatic rings. The second kappa shape index (κ2) is 6.16. The van der Waals surface area contributed by atoms with Crippen LogP contribution in [-0.4, -0.2) is 24.2 Å². The van der Waals surface area contributed by atoms with Crippen molar-refractivity contribution in [1.82, 2.24) is 10.3 Å². The van der Waals surface area contributed by atoms with E-state index in [1.165, 1.54) is 5.56 Å². The number of rotatable bonds is 5. The van der Waals surface area contributed by atoms with Crippen LogP contribution in [-0.2, 0) is 11.3 Å². The summed E-state index contributed by atoms with van der Waals surface area (Å²) in [4.78, 5) is 4.53. The first-order valence-electron chi connectivity index (χ1n) is 7.11. The Morgan fingerprint density at radius 3 is 2.55 bits per heavy atom. The molecule has 0 unspecified atom stereocenters. The topological polar surface area (TPSA) is 34.1 Å². The summed E-state index contributed by atoms with van der Waals surface area (Å²) in [7, 11) is 1.78. The van der Waals surface area contributed by atoms with E-state index in [1.807, 2.05) is 24.4 Å². The lowest BCUT2D eigenvalue weighted by Crippen LogP contribution is -2.44. The zero-order valence-electron chi connectivity index (χ0n) is 11.8. The van der Waals surface area contributed by atoms with Crippen LogP contribution in [0.25, 0.3) is 11.1 Å². The summed E-state index contributed by atoms with van der Waals surface area (Å²) in [5.74, 6) is 0. The Morgan fingerprint density at radius 1 is 1.10 bits per heavy atom. The van der Waals surface area contributed by atoms with Crippen LogP contribution in [0, 0.1) is 0 Å². The van der Waals surface area contributed by atoms with Gasteiger partial charge in [0, 0.05) is 31.5 Å². The van der Waals surface area contributed by atoms with Crippen molar-refractivity contribution in [2.24, 2.45) is 0 Å². The molecule has 20 heavy (non-hydrogen) atoms. The van der Waals surface area contributed by atoms with Gasteiger partial charge in [0.05, 0.1) is 11.8 Å². The Hall–Kier alpha value is -1.71. The number of methoxy groups -OCH3 is 1. The minimum Gasteiger partial charge on any atom is -0.381 e. The van der Waals surface area contributed by atoms with Crippen LogP contribution in [0.5, 0.6) is 0 Å². The third-order valence-corrected chi connectivity index (χ3v) is 3.93. The lowest BCUT2D eigenvalue weighted by molar-refractivity contribution is 0.0169. The predicted octanol–water partition coefficient (Wildman–Crippen LogP) is 3.02. The molecular weight excluding hydrogens is 248 g/mol. The highest BCUT2D eigenvalue weighted by atomic mass is 16.5. The van der Waals surface area contributed by atoms with Gasteiger partial charge >= 0.3 is 0 Å². The van der Waals surface area contributed by atoms with Crippen molar-refractivity contribution >= 4 is 0 Å². The Kier molecular flexibility index (Phi) is 4.09. The van der Waals surface area contributed by atoms with Crippen molar-refractivity contribution < 1.29 is 4.74 Å². The number of nitrogens with zero attached hydrogens (tertiary/aromatic N) is 1. The molecule has 1 fully saturated rings. The summed E-state index contributed by atoms with van der Waals surface area (Å²) in [6, 6.07) is 15.2. The Balaban J connectivity index is 1.54. The number of pyridine rings is 1. The smallest absolute Gasteiger partial charge is 0.0601 e. The zero-order chi connectivity index (χ0) is 13.8. The van der Waals surface area contributed by atoms with Crippen LogP contribution in [0.3, 0.4) is 0 Å². The summed E-state index contributed by atoms with van der Waals surface area (Å²) in [6.07, 6.45) is 4.61. The van der Waals surface area contributed by atoms with Gasteiger partial charge in [0.25, 0.3) is 0 Å². The molecule has 0 radical (unpaired) electrons. The van der Waals surface area contributed by atoms with Crippen LogP contribution in [0.2, 0.25) is 0 Å². The van der Waals surface area contributed by atoms with Crippen LogP contribution < -0.4 is 5.32 Å². The van der Waals surface area contributed by atoms with E-state index in [0.717, 1.165) is 30.6 Å². The first-order chi connectivity index (χ1) is 9.85. The van der Waals surface area contributed by atoms with E-state index in [0.29, 0.717) is 12.1 Å². The summed E-state index contributed by atoms with van der Waals surface area (Å²) in [5.41, 5.74) is 3.46. The highest BCUT2D eigenvalue weighted by Gasteiger charge is 2.28. The fourth-order valence-corrected chi connectivity index (χ4v) is 2.50. The number of benzene rings is 1. The molecular formula is C17H20N2O. The second-order valence-corrected chi connectivity index (χ2v) is 5.31. The Morgan fingerprint density at radius 2 is 1.90 bits per heavy atom. The van der Waals surface area contributed by atoms with E-state index < -0.39 is 0 Å². The molecule has 3 rings (SSSR count). The minimum atomic E-state index is 0.445. The molecule has 0 aliphatic heterocycles. The number of nitrogens with one attached hydrogen (secondary N) is 1. The van der Waals surface area contributed by atoms with Crippen molar-refractivity contribution in [3.05, 3.63) is 54.4 Å². The number of hydrogen-bond acceptors (Lipinski definition) is 3. The van der Waals surface area contributed by atoms with E-state index in [2.05, 4.69) is 34.6 Å². The molecule has 3 nitrogen and oxygen atoms in total. The van der Waals surface area contributed by atoms with Gasteiger partial charge in [-0.25, -0.2) is 0 Å². The third-order valence-electron chi connectivity index (χ3n) is 3.93. The van der Waals surface area contributed by atoms with Gasteiger partial charge in [0.2, 0.25) is 0 Å². The van der Waals surface area contributed by atoms with E-state index in [9.17, 15) is 0 Å². The van der Waals surface area contributed by atoms with E-state index in [-0.39, 0.29) is 0 Å². The molecule has 3 heteroatoms. The molecule has 0 amide bonds. The van der Waals surface area contributed by atoms with Crippen molar-refractivity contribution in [2.45, 2.75) is 31.5 Å². The highest BCUT2D eigenvalue weighted by molar-refractivity contribution is 5.62. The molecule has 2 aromatic rings. The van der Waals surface area contributed by atoms with Crippen molar-refractivity contribution in [2.75, 3.05) is 7.11 Å². The molecule has 1 heterocycles. The second-order valence-electron chi connectivity index (χ2n) is 5.31. The fourth-order valence-electron chi connectivity index (χ4n) is 2.50. The van der Waals surface area contributed by atoms with Crippen molar-refractivity contribution in [3.63, 3.8) is 0 Å². The maximum atomic E-state index is 5.28. The van der Waals surface area contributed by atoms with E-state index in [1.54, 1.807) is 7.11 Å². The lowest BCUT2D eigenvalue weighted by atomic mass is 9.89. The minimum absolute atomic E-state index is 0.445. The van der Waals surface area contributed by atoms with Gasteiger partial charge in [-0.15, -0.1) is 0 Å². The summed E-state index contributed by atoms with van der Waals surface area (Å²) >= 11 is 0. The average Bonchev–Trinajstić information content (AvgIpc) is 2.47. The van der Waals surface area contributed by atoms with Crippen LogP contribution in [0.1, 0.15) is 18.5 Å². The molecule has 1 N–H and O–H groups in total. The molecule has 1 saturated carbocycles. The number of ether oxygens (including phenoxy) is 1. The molecule has 0 saturated heterocycles. The maximum Gasteiger partial charge on any atom is 0.0601 e. The SMILES string of the molecule is COC1CC(NCc2ccc(-c3ccccc3)cn2)C1. The predicted molar refractivity (Wildman–Crippen MR) is 80.3 cm³/mol. The van der Waals surface area contributed by atoms with Crippen molar-refractivity contribution in [3.8, 4) is 11.1 Å². The fraction of sp³-hybridized carbons (Fsp3) is 0.353. The maximum absolute atomic E-state index is 5.28. The van der Waals surface area contributed by atoms with Gasteiger partial charge in [-0.2, -0.15) is 0 Å². The Labute approximate surface area is 120 Å². The van der Waals surface area contributed by atoms with Crippen molar-refractivity contribution in [1.29, 1.82) is 0 Å². The summed E-state index contributed by atoms with van der Waals surface area (Å²) in [6.45, 7) is 0.830. The largest absolute Gasteiger partial charge is 0.381 e. The van der Waals surface area contributed by atoms with E-state index >= 15 is 0 Å². The molecule has 1 aromatic heterocycles. The zero-order valence-corrected chi connectivity index (χ0v) is 11.8. The number of aromatic nitrogens is 1. The van der Waals surface area contributed by atoms with Crippen LogP contribution >= 0.6 is 0 Å². The van der Waals surface area contributed by atoms with Gasteiger partial charge in [0.15, 0.2) is 0 Å². The van der Waals surface area contributed by atoms with Gasteiger partial charge in [0.1, 0.15) is 0 Å². The van der Waals surface area contributed by atoms with Gasteiger partial charge in [-0.1, -0.05) is 36.4 Å². The summed E-state index contributed by atoms with van der Waals surface area (Å²) in [5, 5.41) is 3.52. The quantitative estimate of drug-likeness (QED) is 0.905. The molecule has 1 aromatic carbocycles. The van der Waals surface area contributed by atoms with Crippen LogP contribution in [0.15, 0.2) is 48.7 Å². The standard InChI is InChI=1S/C17H20N2O/c1-20-17-9-16(10-17)19-12-15-8-7-14(11-18-15)13-5-3-2-4-6-13/h2-8,11,16-17,19H,9-10,12H2,1H3. The first-order valence-corrected chi connectivity index (χ1v) is 7.11. The third kappa shape index (κ3) is 3.06. The van der Waals surface area contributed by atoms with Gasteiger partial charge in [-0.3, -0.25) is 4.98 Å². The van der Waals surface area contributed by atoms with Gasteiger partial charge < -0.3 is 10.1 Å². The van der Waals surface area contributed by atoms with Crippen LogP contribution in [0.4, 0.5) is 0 Å². The lowest BCUT2D eigenvalue weighted by Gasteiger charge is -2.34. The molecule has 104 valence electrons. The monoisotopic (exact) mass is 268 g/mol. The molecule has 0 spiro atoms. The summed E-state index contributed by atoms with van der Waals surface area (Å²) < 4.78 is 5.28. The van der Waals surface area contributed by atoms with Gasteiger partial charge in [-0.05, 0) is 24.5 Å². The van der Waals surface area contributed by atoms with E-state index in [4.69, 9.17) is 4.74 Å². The Bertz CT molecular complexity index is 533. The molecule has 1 aliphatic carbocycles.